The van der Waals surface area contributed by atoms with Crippen LogP contribution in [-0.2, 0) is 17.6 Å². The zero-order chi connectivity index (χ0) is 19.8. The molecule has 0 spiro atoms. The second-order valence-corrected chi connectivity index (χ2v) is 7.85. The molecule has 2 aliphatic rings. The van der Waals surface area contributed by atoms with Crippen molar-refractivity contribution in [1.29, 1.82) is 0 Å². The smallest absolute Gasteiger partial charge is 0.113 e. The fraction of sp³-hybridized carbons (Fsp3) is 0.478. The Morgan fingerprint density at radius 1 is 0.929 bits per heavy atom. The average Bonchev–Trinajstić information content (AvgIpc) is 3.17. The van der Waals surface area contributed by atoms with E-state index in [0.29, 0.717) is 5.92 Å². The molecule has 28 heavy (non-hydrogen) atoms. The predicted molar refractivity (Wildman–Crippen MR) is 105 cm³/mol. The highest BCUT2D eigenvalue weighted by atomic mass is 16.5. The molecule has 4 rings (SSSR count). The average molecular weight is 384 g/mol. The fourth-order valence-corrected chi connectivity index (χ4v) is 4.64. The maximum absolute atomic E-state index is 10.5. The van der Waals surface area contributed by atoms with Gasteiger partial charge in [-0.25, -0.2) is 0 Å². The lowest BCUT2D eigenvalue weighted by Gasteiger charge is -2.40. The third kappa shape index (κ3) is 3.27. The number of hydrogen-bond donors (Lipinski definition) is 4. The minimum Gasteiger partial charge on any atom is -0.394 e. The van der Waals surface area contributed by atoms with Crippen LogP contribution in [0.15, 0.2) is 42.5 Å². The largest absolute Gasteiger partial charge is 0.394 e. The summed E-state index contributed by atoms with van der Waals surface area (Å²) >= 11 is 0. The van der Waals surface area contributed by atoms with Gasteiger partial charge in [-0.05, 0) is 47.1 Å². The minimum atomic E-state index is -1.36. The van der Waals surface area contributed by atoms with Crippen LogP contribution in [0.25, 0.3) is 0 Å². The van der Waals surface area contributed by atoms with Gasteiger partial charge < -0.3 is 25.2 Å². The number of fused-ring (bicyclic) bond motifs is 1. The van der Waals surface area contributed by atoms with Crippen molar-refractivity contribution in [1.82, 2.24) is 0 Å². The number of benzene rings is 2. The monoisotopic (exact) mass is 384 g/mol. The first-order valence-electron chi connectivity index (χ1n) is 10.1. The molecule has 1 saturated heterocycles. The first-order valence-corrected chi connectivity index (χ1v) is 10.1. The number of rotatable bonds is 4. The van der Waals surface area contributed by atoms with Crippen LogP contribution in [-0.4, -0.2) is 51.4 Å². The number of hydrogen-bond acceptors (Lipinski definition) is 5. The predicted octanol–water partition coefficient (Wildman–Crippen LogP) is 1.84. The zero-order valence-corrected chi connectivity index (χ0v) is 16.0. The van der Waals surface area contributed by atoms with Gasteiger partial charge in [0.15, 0.2) is 0 Å². The second-order valence-electron chi connectivity index (χ2n) is 7.85. The molecule has 0 bridgehead atoms. The molecular formula is C23H28O5. The molecule has 6 atom stereocenters. The Balaban J connectivity index is 1.67. The van der Waals surface area contributed by atoms with Crippen molar-refractivity contribution < 1.29 is 25.2 Å². The quantitative estimate of drug-likeness (QED) is 0.646. The molecule has 1 heterocycles. The highest BCUT2D eigenvalue weighted by molar-refractivity contribution is 5.47. The van der Waals surface area contributed by atoms with Gasteiger partial charge in [0.1, 0.15) is 30.5 Å². The van der Waals surface area contributed by atoms with E-state index in [0.717, 1.165) is 30.4 Å². The van der Waals surface area contributed by atoms with Crippen LogP contribution in [0.1, 0.15) is 53.2 Å². The minimum absolute atomic E-state index is 0.297. The van der Waals surface area contributed by atoms with Crippen LogP contribution in [0.3, 0.4) is 0 Å². The van der Waals surface area contributed by atoms with Crippen molar-refractivity contribution >= 4 is 0 Å². The van der Waals surface area contributed by atoms with E-state index in [4.69, 9.17) is 4.74 Å². The van der Waals surface area contributed by atoms with Crippen LogP contribution in [0.5, 0.6) is 0 Å². The van der Waals surface area contributed by atoms with Crippen LogP contribution in [0.4, 0.5) is 0 Å². The van der Waals surface area contributed by atoms with E-state index in [2.05, 4.69) is 37.3 Å². The zero-order valence-electron chi connectivity index (χ0n) is 16.0. The fourth-order valence-electron chi connectivity index (χ4n) is 4.64. The van der Waals surface area contributed by atoms with Gasteiger partial charge in [0.2, 0.25) is 0 Å². The molecule has 0 radical (unpaired) electrons. The molecule has 2 aromatic carbocycles. The third-order valence-corrected chi connectivity index (χ3v) is 6.30. The lowest BCUT2D eigenvalue weighted by atomic mass is 9.86. The Hall–Kier alpha value is -1.76. The van der Waals surface area contributed by atoms with E-state index >= 15 is 0 Å². The van der Waals surface area contributed by atoms with Crippen molar-refractivity contribution in [2.45, 2.75) is 62.6 Å². The molecule has 0 saturated carbocycles. The molecule has 0 amide bonds. The van der Waals surface area contributed by atoms with E-state index in [-0.39, 0.29) is 0 Å². The van der Waals surface area contributed by atoms with Crippen molar-refractivity contribution in [2.75, 3.05) is 6.61 Å². The Morgan fingerprint density at radius 3 is 2.32 bits per heavy atom. The third-order valence-electron chi connectivity index (χ3n) is 6.30. The molecule has 1 fully saturated rings. The van der Waals surface area contributed by atoms with Crippen LogP contribution >= 0.6 is 0 Å². The molecule has 1 aliphatic heterocycles. The highest BCUT2D eigenvalue weighted by Crippen LogP contribution is 2.43. The summed E-state index contributed by atoms with van der Waals surface area (Å²) in [5, 5.41) is 40.2. The number of aliphatic hydroxyl groups excluding tert-OH is 4. The maximum atomic E-state index is 10.5. The summed E-state index contributed by atoms with van der Waals surface area (Å²) in [6, 6.07) is 14.7. The lowest BCUT2D eigenvalue weighted by molar-refractivity contribution is -0.231. The summed E-state index contributed by atoms with van der Waals surface area (Å²) in [6.07, 6.45) is -2.74. The van der Waals surface area contributed by atoms with Gasteiger partial charge >= 0.3 is 0 Å². The summed E-state index contributed by atoms with van der Waals surface area (Å²) < 4.78 is 5.80. The van der Waals surface area contributed by atoms with Crippen LogP contribution < -0.4 is 0 Å². The van der Waals surface area contributed by atoms with Gasteiger partial charge in [-0.15, -0.1) is 0 Å². The van der Waals surface area contributed by atoms with E-state index < -0.39 is 37.1 Å². The van der Waals surface area contributed by atoms with Crippen molar-refractivity contribution in [3.8, 4) is 0 Å². The number of ether oxygens (including phenoxy) is 1. The molecule has 5 heteroatoms. The summed E-state index contributed by atoms with van der Waals surface area (Å²) in [5.74, 6) is 0.297. The SMILES string of the molecule is CCc1ccc(C2CCc3c2cccc3C2OC(CO)C(O)C(O)C2O)cc1. The molecule has 2 aromatic rings. The summed E-state index contributed by atoms with van der Waals surface area (Å²) in [6.45, 7) is 1.73. The van der Waals surface area contributed by atoms with Crippen molar-refractivity contribution in [3.63, 3.8) is 0 Å². The Labute approximate surface area is 165 Å². The van der Waals surface area contributed by atoms with Crippen LogP contribution in [0.2, 0.25) is 0 Å². The second kappa shape index (κ2) is 7.93. The molecule has 1 aliphatic carbocycles. The first kappa shape index (κ1) is 19.6. The van der Waals surface area contributed by atoms with E-state index in [9.17, 15) is 20.4 Å². The van der Waals surface area contributed by atoms with Crippen LogP contribution in [0, 0.1) is 0 Å². The normalized spacial score (nSPS) is 32.3. The highest BCUT2D eigenvalue weighted by Gasteiger charge is 2.45. The molecule has 6 unspecified atom stereocenters. The molecule has 0 aromatic heterocycles. The van der Waals surface area contributed by atoms with Gasteiger partial charge in [-0.3, -0.25) is 0 Å². The standard InChI is InChI=1S/C23H28O5/c1-2-13-6-8-14(9-7-13)15-10-11-17-16(15)4-3-5-18(17)23-22(27)21(26)20(25)19(12-24)28-23/h3-9,15,19-27H,2,10-12H2,1H3. The van der Waals surface area contributed by atoms with Gasteiger partial charge in [0.25, 0.3) is 0 Å². The Morgan fingerprint density at radius 2 is 1.64 bits per heavy atom. The van der Waals surface area contributed by atoms with E-state index in [1.54, 1.807) is 0 Å². The number of aryl methyl sites for hydroxylation is 1. The molecule has 4 N–H and O–H groups in total. The summed E-state index contributed by atoms with van der Waals surface area (Å²) in [5.41, 5.74) is 5.79. The Kier molecular flexibility index (Phi) is 5.54. The van der Waals surface area contributed by atoms with Gasteiger partial charge in [-0.1, -0.05) is 49.4 Å². The van der Waals surface area contributed by atoms with Crippen molar-refractivity contribution in [2.24, 2.45) is 0 Å². The lowest BCUT2D eigenvalue weighted by Crippen LogP contribution is -2.55. The molecule has 5 nitrogen and oxygen atoms in total. The summed E-state index contributed by atoms with van der Waals surface area (Å²) in [4.78, 5) is 0. The van der Waals surface area contributed by atoms with E-state index in [1.807, 2.05) is 12.1 Å². The molecular weight excluding hydrogens is 356 g/mol. The summed E-state index contributed by atoms with van der Waals surface area (Å²) in [7, 11) is 0. The van der Waals surface area contributed by atoms with Crippen molar-refractivity contribution in [3.05, 3.63) is 70.3 Å². The molecule has 150 valence electrons. The maximum Gasteiger partial charge on any atom is 0.113 e. The van der Waals surface area contributed by atoms with E-state index in [1.165, 1.54) is 16.7 Å². The number of aliphatic hydroxyl groups is 4. The van der Waals surface area contributed by atoms with Gasteiger partial charge in [-0.2, -0.15) is 0 Å². The van der Waals surface area contributed by atoms with Gasteiger partial charge in [0.05, 0.1) is 6.61 Å². The topological polar surface area (TPSA) is 90.2 Å². The Bertz CT molecular complexity index is 816. The van der Waals surface area contributed by atoms with Gasteiger partial charge in [0, 0.05) is 5.92 Å². The first-order chi connectivity index (χ1) is 13.5.